The van der Waals surface area contributed by atoms with Crippen molar-refractivity contribution < 1.29 is 9.90 Å². The molecule has 1 N–H and O–H groups in total. The van der Waals surface area contributed by atoms with Crippen LogP contribution < -0.4 is 0 Å². The van der Waals surface area contributed by atoms with Gasteiger partial charge >= 0.3 is 5.97 Å². The van der Waals surface area contributed by atoms with Crippen LogP contribution in [0.1, 0.15) is 89.9 Å². The number of carbonyl (C=O) groups is 1. The quantitative estimate of drug-likeness (QED) is 0.755. The maximum Gasteiger partial charge on any atom is 0.310 e. The molecule has 0 aromatic heterocycles. The second-order valence-corrected chi connectivity index (χ2v) is 7.93. The third-order valence-electron chi connectivity index (χ3n) is 6.97. The minimum atomic E-state index is -0.440. The van der Waals surface area contributed by atoms with E-state index in [1.54, 1.807) is 0 Å². The van der Waals surface area contributed by atoms with Gasteiger partial charge in [-0.25, -0.2) is 0 Å². The van der Waals surface area contributed by atoms with E-state index in [1.807, 2.05) is 0 Å². The van der Waals surface area contributed by atoms with Crippen molar-refractivity contribution in [3.8, 4) is 0 Å². The normalized spacial score (nSPS) is 36.5. The summed E-state index contributed by atoms with van der Waals surface area (Å²) in [4.78, 5) is 12.4. The Labute approximate surface area is 129 Å². The smallest absolute Gasteiger partial charge is 0.310 e. The van der Waals surface area contributed by atoms with Crippen molar-refractivity contribution in [3.05, 3.63) is 0 Å². The topological polar surface area (TPSA) is 37.3 Å². The summed E-state index contributed by atoms with van der Waals surface area (Å²) in [5.41, 5.74) is -0.360. The van der Waals surface area contributed by atoms with Crippen molar-refractivity contribution >= 4 is 5.97 Å². The largest absolute Gasteiger partial charge is 0.481 e. The fraction of sp³-hybridized carbons (Fsp3) is 0.947. The Bertz CT molecular complexity index is 353. The molecule has 3 aliphatic carbocycles. The lowest BCUT2D eigenvalue weighted by Crippen LogP contribution is -2.50. The third-order valence-corrected chi connectivity index (χ3v) is 6.97. The molecule has 0 heterocycles. The summed E-state index contributed by atoms with van der Waals surface area (Å²) in [6.07, 6.45) is 17.4. The lowest BCUT2D eigenvalue weighted by molar-refractivity contribution is -0.166. The van der Waals surface area contributed by atoms with Crippen LogP contribution in [-0.4, -0.2) is 11.1 Å². The molecule has 0 aromatic rings. The van der Waals surface area contributed by atoms with E-state index in [-0.39, 0.29) is 5.41 Å². The molecule has 2 unspecified atom stereocenters. The molecule has 0 amide bonds. The van der Waals surface area contributed by atoms with Crippen LogP contribution in [0.2, 0.25) is 0 Å². The second-order valence-electron chi connectivity index (χ2n) is 7.93. The zero-order chi connectivity index (χ0) is 14.7. The van der Waals surface area contributed by atoms with Gasteiger partial charge in [-0.05, 0) is 43.4 Å². The van der Waals surface area contributed by atoms with Gasteiger partial charge < -0.3 is 5.11 Å². The predicted molar refractivity (Wildman–Crippen MR) is 85.2 cm³/mol. The molecule has 2 heteroatoms. The fourth-order valence-corrected chi connectivity index (χ4v) is 5.98. The Balaban J connectivity index is 1.87. The minimum absolute atomic E-state index is 0.360. The van der Waals surface area contributed by atoms with E-state index in [4.69, 9.17) is 0 Å². The summed E-state index contributed by atoms with van der Waals surface area (Å²) < 4.78 is 0. The van der Waals surface area contributed by atoms with Crippen molar-refractivity contribution in [2.45, 2.75) is 89.9 Å². The van der Waals surface area contributed by atoms with Crippen LogP contribution in [0.3, 0.4) is 0 Å². The molecule has 120 valence electrons. The summed E-state index contributed by atoms with van der Waals surface area (Å²) >= 11 is 0. The summed E-state index contributed by atoms with van der Waals surface area (Å²) in [6.45, 7) is 0. The highest BCUT2D eigenvalue weighted by molar-refractivity contribution is 5.75. The molecule has 3 saturated carbocycles. The zero-order valence-electron chi connectivity index (χ0n) is 13.5. The molecule has 0 aliphatic heterocycles. The summed E-state index contributed by atoms with van der Waals surface area (Å²) in [7, 11) is 0. The molecule has 3 fully saturated rings. The monoisotopic (exact) mass is 292 g/mol. The molecule has 0 bridgehead atoms. The predicted octanol–water partition coefficient (Wildman–Crippen LogP) is 5.41. The average molecular weight is 292 g/mol. The van der Waals surface area contributed by atoms with Gasteiger partial charge in [0.25, 0.3) is 0 Å². The zero-order valence-corrected chi connectivity index (χ0v) is 13.5. The average Bonchev–Trinajstić information content (AvgIpc) is 2.56. The van der Waals surface area contributed by atoms with Crippen molar-refractivity contribution in [1.29, 1.82) is 0 Å². The van der Waals surface area contributed by atoms with Gasteiger partial charge in [0, 0.05) is 0 Å². The standard InChI is InChI=1S/C19H32O2/c20-18(21)19(16-11-5-2-6-12-16)14-8-7-13-17(19)15-9-3-1-4-10-15/h15-17H,1-14H2,(H,20,21). The number of aliphatic carboxylic acids is 1. The summed E-state index contributed by atoms with van der Waals surface area (Å²) in [5.74, 6) is 1.21. The summed E-state index contributed by atoms with van der Waals surface area (Å²) in [5, 5.41) is 10.2. The molecule has 0 saturated heterocycles. The lowest BCUT2D eigenvalue weighted by atomic mass is 9.52. The molecule has 2 atom stereocenters. The van der Waals surface area contributed by atoms with Crippen LogP contribution in [0.25, 0.3) is 0 Å². The SMILES string of the molecule is O=C(O)C1(C2CCCCC2)CCCCC1C1CCCCC1. The summed E-state index contributed by atoms with van der Waals surface area (Å²) in [6, 6.07) is 0. The number of carboxylic acid groups (broad SMARTS) is 1. The van der Waals surface area contributed by atoms with Gasteiger partial charge in [0.1, 0.15) is 0 Å². The second kappa shape index (κ2) is 6.71. The van der Waals surface area contributed by atoms with E-state index in [9.17, 15) is 9.90 Å². The maximum absolute atomic E-state index is 12.4. The van der Waals surface area contributed by atoms with Crippen molar-refractivity contribution in [2.75, 3.05) is 0 Å². The van der Waals surface area contributed by atoms with Crippen LogP contribution >= 0.6 is 0 Å². The van der Waals surface area contributed by atoms with Crippen molar-refractivity contribution in [2.24, 2.45) is 23.2 Å². The Kier molecular flexibility index (Phi) is 4.91. The van der Waals surface area contributed by atoms with Gasteiger partial charge in [0.2, 0.25) is 0 Å². The molecule has 3 aliphatic rings. The highest BCUT2D eigenvalue weighted by Crippen LogP contribution is 2.56. The Hall–Kier alpha value is -0.530. The van der Waals surface area contributed by atoms with Crippen LogP contribution in [0.15, 0.2) is 0 Å². The Morgan fingerprint density at radius 3 is 1.95 bits per heavy atom. The van der Waals surface area contributed by atoms with E-state index in [2.05, 4.69) is 0 Å². The first kappa shape index (κ1) is 15.4. The van der Waals surface area contributed by atoms with Gasteiger partial charge in [-0.15, -0.1) is 0 Å². The van der Waals surface area contributed by atoms with Gasteiger partial charge in [-0.3, -0.25) is 4.79 Å². The van der Waals surface area contributed by atoms with Crippen LogP contribution in [0, 0.1) is 23.2 Å². The van der Waals surface area contributed by atoms with E-state index < -0.39 is 5.97 Å². The number of hydrogen-bond acceptors (Lipinski definition) is 1. The van der Waals surface area contributed by atoms with Gasteiger partial charge in [-0.2, -0.15) is 0 Å². The fourth-order valence-electron chi connectivity index (χ4n) is 5.98. The van der Waals surface area contributed by atoms with Crippen LogP contribution in [-0.2, 0) is 4.79 Å². The van der Waals surface area contributed by atoms with Crippen molar-refractivity contribution in [3.63, 3.8) is 0 Å². The highest BCUT2D eigenvalue weighted by atomic mass is 16.4. The molecule has 2 nitrogen and oxygen atoms in total. The molecular weight excluding hydrogens is 260 g/mol. The molecule has 0 aromatic carbocycles. The number of rotatable bonds is 3. The first-order valence-electron chi connectivity index (χ1n) is 9.48. The number of carboxylic acids is 1. The highest BCUT2D eigenvalue weighted by Gasteiger charge is 2.54. The molecule has 0 spiro atoms. The lowest BCUT2D eigenvalue weighted by Gasteiger charge is -2.51. The molecule has 0 radical (unpaired) electrons. The van der Waals surface area contributed by atoms with E-state index in [1.165, 1.54) is 77.0 Å². The molecular formula is C19H32O2. The van der Waals surface area contributed by atoms with Crippen LogP contribution in [0.5, 0.6) is 0 Å². The maximum atomic E-state index is 12.4. The Morgan fingerprint density at radius 2 is 1.33 bits per heavy atom. The third kappa shape index (κ3) is 2.87. The Morgan fingerprint density at radius 1 is 0.762 bits per heavy atom. The van der Waals surface area contributed by atoms with E-state index >= 15 is 0 Å². The van der Waals surface area contributed by atoms with E-state index in [0.29, 0.717) is 17.8 Å². The minimum Gasteiger partial charge on any atom is -0.481 e. The molecule has 21 heavy (non-hydrogen) atoms. The first-order chi connectivity index (χ1) is 10.2. The number of hydrogen-bond donors (Lipinski definition) is 1. The first-order valence-corrected chi connectivity index (χ1v) is 9.48. The van der Waals surface area contributed by atoms with Gasteiger partial charge in [0.05, 0.1) is 5.41 Å². The van der Waals surface area contributed by atoms with E-state index in [0.717, 1.165) is 12.8 Å². The molecule has 3 rings (SSSR count). The van der Waals surface area contributed by atoms with Gasteiger partial charge in [-0.1, -0.05) is 64.2 Å². The van der Waals surface area contributed by atoms with Gasteiger partial charge in [0.15, 0.2) is 0 Å². The van der Waals surface area contributed by atoms with Crippen LogP contribution in [0.4, 0.5) is 0 Å². The van der Waals surface area contributed by atoms with Crippen molar-refractivity contribution in [1.82, 2.24) is 0 Å².